The van der Waals surface area contributed by atoms with E-state index in [0.29, 0.717) is 18.9 Å². The van der Waals surface area contributed by atoms with Crippen LogP contribution in [0, 0.1) is 17.8 Å². The molecule has 1 aromatic carbocycles. The molecule has 0 unspecified atom stereocenters. The van der Waals surface area contributed by atoms with Crippen LogP contribution in [0.15, 0.2) is 24.3 Å². The normalized spacial score (nSPS) is 24.2. The van der Waals surface area contributed by atoms with E-state index in [4.69, 9.17) is 0 Å². The predicted octanol–water partition coefficient (Wildman–Crippen LogP) is 1.99. The maximum atomic E-state index is 12.5. The molecule has 5 nitrogen and oxygen atoms in total. The van der Waals surface area contributed by atoms with Gasteiger partial charge in [0.05, 0.1) is 25.2 Å². The molecular formula is C22H28N2O3. The summed E-state index contributed by atoms with van der Waals surface area (Å²) in [7, 11) is 0. The highest BCUT2D eigenvalue weighted by Crippen LogP contribution is 2.42. The number of hydrogen-bond donors (Lipinski definition) is 1. The van der Waals surface area contributed by atoms with Crippen molar-refractivity contribution in [2.24, 2.45) is 5.92 Å². The van der Waals surface area contributed by atoms with Crippen LogP contribution in [-0.4, -0.2) is 58.5 Å². The Hall–Kier alpha value is -2.32. The smallest absolute Gasteiger partial charge is 0.242 e. The van der Waals surface area contributed by atoms with Crippen LogP contribution in [0.5, 0.6) is 0 Å². The molecule has 0 saturated carbocycles. The first-order valence-electron chi connectivity index (χ1n) is 9.74. The number of aliphatic hydroxyl groups is 1. The van der Waals surface area contributed by atoms with E-state index in [1.54, 1.807) is 9.80 Å². The minimum Gasteiger partial charge on any atom is -0.394 e. The van der Waals surface area contributed by atoms with Crippen molar-refractivity contribution in [3.63, 3.8) is 0 Å². The van der Waals surface area contributed by atoms with Gasteiger partial charge in [0.25, 0.3) is 0 Å². The number of amides is 2. The van der Waals surface area contributed by atoms with Gasteiger partial charge < -0.3 is 14.9 Å². The van der Waals surface area contributed by atoms with Crippen molar-refractivity contribution < 1.29 is 14.7 Å². The SMILES string of the molecule is CCC(=O)N1CC(=O)N2[C@@H](CO)[C@@H](c3ccc(C#CCC(C)C)cc3)[C@@H]2C1. The van der Waals surface area contributed by atoms with E-state index >= 15 is 0 Å². The van der Waals surface area contributed by atoms with Gasteiger partial charge in [0.2, 0.25) is 11.8 Å². The quantitative estimate of drug-likeness (QED) is 0.827. The zero-order valence-electron chi connectivity index (χ0n) is 16.3. The van der Waals surface area contributed by atoms with Gasteiger partial charge in [-0.25, -0.2) is 0 Å². The highest BCUT2D eigenvalue weighted by Gasteiger charge is 2.54. The standard InChI is InChI=1S/C22H28N2O3/c1-4-20(26)23-12-18-22(19(14-25)24(18)21(27)13-23)17-10-8-16(9-11-17)7-5-6-15(2)3/h8-11,15,18-19,22,25H,4,6,12-14H2,1-3H3/t18-,19-,22-/m0/s1. The number of hydrogen-bond acceptors (Lipinski definition) is 3. The molecule has 0 spiro atoms. The molecule has 2 fully saturated rings. The van der Waals surface area contributed by atoms with Crippen LogP contribution < -0.4 is 0 Å². The highest BCUT2D eigenvalue weighted by molar-refractivity contribution is 5.87. The molecule has 0 bridgehead atoms. The third-order valence-corrected chi connectivity index (χ3v) is 5.45. The molecule has 5 heteroatoms. The van der Waals surface area contributed by atoms with Gasteiger partial charge in [-0.3, -0.25) is 9.59 Å². The van der Waals surface area contributed by atoms with E-state index < -0.39 is 0 Å². The van der Waals surface area contributed by atoms with Crippen molar-refractivity contribution in [3.8, 4) is 11.8 Å². The Morgan fingerprint density at radius 2 is 2.00 bits per heavy atom. The number of rotatable bonds is 4. The first kappa shape index (κ1) is 19.4. The minimum absolute atomic E-state index is 0.00460. The second-order valence-corrected chi connectivity index (χ2v) is 7.79. The lowest BCUT2D eigenvalue weighted by atomic mass is 9.73. The van der Waals surface area contributed by atoms with Gasteiger partial charge in [0.15, 0.2) is 0 Å². The van der Waals surface area contributed by atoms with Crippen molar-refractivity contribution in [1.82, 2.24) is 9.80 Å². The molecule has 3 atom stereocenters. The topological polar surface area (TPSA) is 60.9 Å². The molecule has 2 saturated heterocycles. The molecule has 27 heavy (non-hydrogen) atoms. The van der Waals surface area contributed by atoms with E-state index in [2.05, 4.69) is 25.7 Å². The van der Waals surface area contributed by atoms with E-state index in [-0.39, 0.29) is 43.0 Å². The van der Waals surface area contributed by atoms with Gasteiger partial charge in [-0.2, -0.15) is 0 Å². The number of piperazine rings is 1. The molecule has 0 aliphatic carbocycles. The van der Waals surface area contributed by atoms with Crippen molar-refractivity contribution >= 4 is 11.8 Å². The minimum atomic E-state index is -0.209. The lowest BCUT2D eigenvalue weighted by Gasteiger charge is -2.58. The molecule has 1 aromatic rings. The number of carbonyl (C=O) groups is 2. The van der Waals surface area contributed by atoms with Crippen LogP contribution in [-0.2, 0) is 9.59 Å². The van der Waals surface area contributed by atoms with Crippen molar-refractivity contribution in [2.45, 2.75) is 51.6 Å². The summed E-state index contributed by atoms with van der Waals surface area (Å²) in [5.41, 5.74) is 2.06. The van der Waals surface area contributed by atoms with Crippen LogP contribution in [0.4, 0.5) is 0 Å². The Bertz CT molecular complexity index is 760. The summed E-state index contributed by atoms with van der Waals surface area (Å²) in [4.78, 5) is 27.9. The Balaban J connectivity index is 1.77. The third kappa shape index (κ3) is 3.86. The van der Waals surface area contributed by atoms with E-state index in [1.165, 1.54) is 0 Å². The summed E-state index contributed by atoms with van der Waals surface area (Å²) >= 11 is 0. The summed E-state index contributed by atoms with van der Waals surface area (Å²) in [5.74, 6) is 6.90. The summed E-state index contributed by atoms with van der Waals surface area (Å²) in [6.07, 6.45) is 1.27. The molecule has 3 rings (SSSR count). The van der Waals surface area contributed by atoms with Gasteiger partial charge in [-0.15, -0.1) is 0 Å². The first-order valence-corrected chi connectivity index (χ1v) is 9.74. The fourth-order valence-corrected chi connectivity index (χ4v) is 4.06. The lowest BCUT2D eigenvalue weighted by molar-refractivity contribution is -0.166. The van der Waals surface area contributed by atoms with Crippen molar-refractivity contribution in [3.05, 3.63) is 35.4 Å². The van der Waals surface area contributed by atoms with E-state index in [1.807, 2.05) is 31.2 Å². The lowest BCUT2D eigenvalue weighted by Crippen LogP contribution is -2.73. The summed E-state index contributed by atoms with van der Waals surface area (Å²) in [6.45, 7) is 6.70. The van der Waals surface area contributed by atoms with Crippen LogP contribution >= 0.6 is 0 Å². The maximum absolute atomic E-state index is 12.5. The monoisotopic (exact) mass is 368 g/mol. The van der Waals surface area contributed by atoms with Gasteiger partial charge in [-0.05, 0) is 23.6 Å². The number of nitrogens with zero attached hydrogens (tertiary/aromatic N) is 2. The Kier molecular flexibility index (Phi) is 5.86. The van der Waals surface area contributed by atoms with Crippen LogP contribution in [0.25, 0.3) is 0 Å². The molecule has 2 heterocycles. The summed E-state index contributed by atoms with van der Waals surface area (Å²) in [5, 5.41) is 9.82. The van der Waals surface area contributed by atoms with Crippen LogP contribution in [0.2, 0.25) is 0 Å². The number of carbonyl (C=O) groups excluding carboxylic acids is 2. The molecule has 2 aliphatic rings. The fraction of sp³-hybridized carbons (Fsp3) is 0.545. The number of aliphatic hydroxyl groups excluding tert-OH is 1. The molecule has 144 valence electrons. The molecular weight excluding hydrogens is 340 g/mol. The second-order valence-electron chi connectivity index (χ2n) is 7.79. The molecule has 2 aliphatic heterocycles. The maximum Gasteiger partial charge on any atom is 0.242 e. The Labute approximate surface area is 161 Å². The molecule has 1 N–H and O–H groups in total. The predicted molar refractivity (Wildman–Crippen MR) is 104 cm³/mol. The Morgan fingerprint density at radius 1 is 1.30 bits per heavy atom. The molecule has 2 amide bonds. The van der Waals surface area contributed by atoms with Gasteiger partial charge in [0, 0.05) is 30.9 Å². The first-order chi connectivity index (χ1) is 13.0. The molecule has 0 radical (unpaired) electrons. The molecule has 0 aromatic heterocycles. The van der Waals surface area contributed by atoms with Crippen LogP contribution in [0.1, 0.15) is 50.7 Å². The van der Waals surface area contributed by atoms with E-state index in [0.717, 1.165) is 17.5 Å². The number of benzene rings is 1. The zero-order chi connectivity index (χ0) is 19.6. The van der Waals surface area contributed by atoms with Gasteiger partial charge in [0.1, 0.15) is 0 Å². The summed E-state index contributed by atoms with van der Waals surface area (Å²) < 4.78 is 0. The zero-order valence-corrected chi connectivity index (χ0v) is 16.3. The van der Waals surface area contributed by atoms with E-state index in [9.17, 15) is 14.7 Å². The Morgan fingerprint density at radius 3 is 2.59 bits per heavy atom. The van der Waals surface area contributed by atoms with Gasteiger partial charge >= 0.3 is 0 Å². The summed E-state index contributed by atoms with van der Waals surface area (Å²) in [6, 6.07) is 7.80. The number of fused-ring (bicyclic) bond motifs is 1. The van der Waals surface area contributed by atoms with Crippen molar-refractivity contribution in [1.29, 1.82) is 0 Å². The average Bonchev–Trinajstić information content (AvgIpc) is 2.63. The second kappa shape index (κ2) is 8.14. The highest BCUT2D eigenvalue weighted by atomic mass is 16.3. The fourth-order valence-electron chi connectivity index (χ4n) is 4.06. The largest absolute Gasteiger partial charge is 0.394 e. The average molecular weight is 368 g/mol. The van der Waals surface area contributed by atoms with Crippen molar-refractivity contribution in [2.75, 3.05) is 19.7 Å². The van der Waals surface area contributed by atoms with Crippen LogP contribution in [0.3, 0.4) is 0 Å². The third-order valence-electron chi connectivity index (χ3n) is 5.45. The van der Waals surface area contributed by atoms with Gasteiger partial charge in [-0.1, -0.05) is 44.7 Å².